The molecule has 1 atom stereocenters. The number of hydrogen-bond donors (Lipinski definition) is 2. The van der Waals surface area contributed by atoms with E-state index < -0.39 is 0 Å². The summed E-state index contributed by atoms with van der Waals surface area (Å²) in [4.78, 5) is 8.79. The topological polar surface area (TPSA) is 76.4 Å². The Morgan fingerprint density at radius 2 is 2.00 bits per heavy atom. The minimum atomic E-state index is 0. The summed E-state index contributed by atoms with van der Waals surface area (Å²) in [5.41, 5.74) is 0. The van der Waals surface area contributed by atoms with Gasteiger partial charge in [-0.25, -0.2) is 9.67 Å². The van der Waals surface area contributed by atoms with Crippen LogP contribution < -0.4 is 10.6 Å². The van der Waals surface area contributed by atoms with Gasteiger partial charge in [-0.05, 0) is 26.2 Å². The highest BCUT2D eigenvalue weighted by atomic mass is 127. The third-order valence-electron chi connectivity index (χ3n) is 5.08. The summed E-state index contributed by atoms with van der Waals surface area (Å²) in [6.07, 6.45) is 10.2. The molecule has 1 aromatic rings. The van der Waals surface area contributed by atoms with Gasteiger partial charge in [-0.3, -0.25) is 4.99 Å². The van der Waals surface area contributed by atoms with E-state index in [9.17, 15) is 0 Å². The fourth-order valence-electron chi connectivity index (χ4n) is 3.74. The van der Waals surface area contributed by atoms with Gasteiger partial charge in [-0.2, -0.15) is 5.10 Å². The number of nitrogens with zero attached hydrogens (tertiary/aromatic N) is 4. The smallest absolute Gasteiger partial charge is 0.191 e. The molecule has 0 bridgehead atoms. The van der Waals surface area contributed by atoms with E-state index in [4.69, 9.17) is 4.74 Å². The molecule has 1 aromatic heterocycles. The van der Waals surface area contributed by atoms with E-state index in [1.807, 2.05) is 18.7 Å². The minimum Gasteiger partial charge on any atom is -0.376 e. The van der Waals surface area contributed by atoms with E-state index in [0.717, 1.165) is 50.1 Å². The van der Waals surface area contributed by atoms with Crippen molar-refractivity contribution in [1.82, 2.24) is 25.4 Å². The van der Waals surface area contributed by atoms with Gasteiger partial charge in [0.05, 0.1) is 19.3 Å². The van der Waals surface area contributed by atoms with E-state index in [0.29, 0.717) is 12.1 Å². The molecular weight excluding hydrogens is 443 g/mol. The second-order valence-corrected chi connectivity index (χ2v) is 7.12. The number of aromatic nitrogens is 3. The first kappa shape index (κ1) is 21.4. The Kier molecular flexibility index (Phi) is 9.10. The van der Waals surface area contributed by atoms with Gasteiger partial charge < -0.3 is 15.4 Å². The summed E-state index contributed by atoms with van der Waals surface area (Å²) in [6, 6.07) is 0.336. The second kappa shape index (κ2) is 11.1. The van der Waals surface area contributed by atoms with Gasteiger partial charge in [0.2, 0.25) is 0 Å². The summed E-state index contributed by atoms with van der Waals surface area (Å²) in [7, 11) is 1.81. The van der Waals surface area contributed by atoms with E-state index in [1.54, 1.807) is 0 Å². The number of halogens is 1. The molecule has 1 aliphatic carbocycles. The van der Waals surface area contributed by atoms with Crippen LogP contribution in [-0.4, -0.2) is 53.1 Å². The number of hydrogen-bond acceptors (Lipinski definition) is 4. The summed E-state index contributed by atoms with van der Waals surface area (Å²) >= 11 is 0. The molecule has 2 N–H and O–H groups in total. The van der Waals surface area contributed by atoms with Crippen molar-refractivity contribution in [2.75, 3.05) is 20.2 Å². The van der Waals surface area contributed by atoms with Crippen LogP contribution in [0.3, 0.4) is 0 Å². The highest BCUT2D eigenvalue weighted by Gasteiger charge is 2.21. The van der Waals surface area contributed by atoms with Gasteiger partial charge in [0, 0.05) is 26.1 Å². The van der Waals surface area contributed by atoms with Crippen molar-refractivity contribution in [2.24, 2.45) is 4.99 Å². The predicted octanol–water partition coefficient (Wildman–Crippen LogP) is 2.42. The zero-order chi connectivity index (χ0) is 17.5. The zero-order valence-electron chi connectivity index (χ0n) is 16.0. The van der Waals surface area contributed by atoms with Crippen LogP contribution in [-0.2, 0) is 17.7 Å². The molecule has 26 heavy (non-hydrogen) atoms. The second-order valence-electron chi connectivity index (χ2n) is 7.12. The lowest BCUT2D eigenvalue weighted by atomic mass is 10.1. The molecule has 0 aromatic carbocycles. The molecule has 0 amide bonds. The third-order valence-corrected chi connectivity index (χ3v) is 5.08. The number of aryl methyl sites for hydroxylation is 2. The molecule has 7 nitrogen and oxygen atoms in total. The van der Waals surface area contributed by atoms with Gasteiger partial charge in [-0.1, -0.05) is 25.7 Å². The van der Waals surface area contributed by atoms with Crippen LogP contribution in [0.1, 0.15) is 56.6 Å². The molecule has 1 fully saturated rings. The van der Waals surface area contributed by atoms with Crippen molar-refractivity contribution in [3.63, 3.8) is 0 Å². The molecule has 148 valence electrons. The lowest BCUT2D eigenvalue weighted by molar-refractivity contribution is 0.0467. The van der Waals surface area contributed by atoms with Crippen LogP contribution in [0, 0.1) is 6.92 Å². The average Bonchev–Trinajstić information content (AvgIpc) is 2.81. The van der Waals surface area contributed by atoms with Crippen LogP contribution in [0.2, 0.25) is 0 Å². The van der Waals surface area contributed by atoms with Crippen LogP contribution in [0.25, 0.3) is 0 Å². The molecule has 1 aliphatic heterocycles. The normalized spacial score (nSPS) is 21.5. The number of nitrogens with one attached hydrogen (secondary N) is 2. The quantitative estimate of drug-likeness (QED) is 0.225. The Balaban J connectivity index is 0.00000243. The summed E-state index contributed by atoms with van der Waals surface area (Å²) < 4.78 is 8.04. The molecule has 1 unspecified atom stereocenters. The van der Waals surface area contributed by atoms with Gasteiger partial charge >= 0.3 is 0 Å². The number of rotatable bonds is 5. The van der Waals surface area contributed by atoms with Crippen molar-refractivity contribution in [2.45, 2.75) is 77.0 Å². The van der Waals surface area contributed by atoms with Crippen molar-refractivity contribution in [3.8, 4) is 0 Å². The summed E-state index contributed by atoms with van der Waals surface area (Å²) in [6.45, 7) is 4.32. The standard InChI is InChI=1S/C18H32N6O.HI/c1-14-21-17-10-9-15(13-24(17)23-14)22-18(19-2)20-11-12-25-16-7-5-3-4-6-8-16;/h15-16H,3-13H2,1-2H3,(H2,19,20,22);1H. The van der Waals surface area contributed by atoms with E-state index >= 15 is 0 Å². The van der Waals surface area contributed by atoms with Gasteiger partial charge in [0.1, 0.15) is 11.6 Å². The molecule has 8 heteroatoms. The maximum atomic E-state index is 6.03. The highest BCUT2D eigenvalue weighted by Crippen LogP contribution is 2.19. The number of ether oxygens (including phenoxy) is 1. The molecule has 0 radical (unpaired) electrons. The largest absolute Gasteiger partial charge is 0.376 e. The van der Waals surface area contributed by atoms with E-state index in [1.165, 1.54) is 38.5 Å². The zero-order valence-corrected chi connectivity index (χ0v) is 18.4. The van der Waals surface area contributed by atoms with Crippen LogP contribution in [0.5, 0.6) is 0 Å². The fourth-order valence-corrected chi connectivity index (χ4v) is 3.74. The number of aliphatic imine (C=N–C) groups is 1. The van der Waals surface area contributed by atoms with Crippen LogP contribution in [0.4, 0.5) is 0 Å². The Bertz CT molecular complexity index is 568. The minimum absolute atomic E-state index is 0. The maximum absolute atomic E-state index is 6.03. The van der Waals surface area contributed by atoms with E-state index in [2.05, 4.69) is 25.7 Å². The van der Waals surface area contributed by atoms with Crippen molar-refractivity contribution >= 4 is 29.9 Å². The van der Waals surface area contributed by atoms with Gasteiger partial charge in [0.25, 0.3) is 0 Å². The number of guanidine groups is 1. The average molecular weight is 476 g/mol. The molecule has 2 heterocycles. The predicted molar refractivity (Wildman–Crippen MR) is 114 cm³/mol. The Hall–Kier alpha value is -0.900. The molecule has 0 spiro atoms. The SMILES string of the molecule is CN=C(NCCOC1CCCCCC1)NC1CCc2nc(C)nn2C1.I. The summed E-state index contributed by atoms with van der Waals surface area (Å²) in [5, 5.41) is 11.3. The fraction of sp³-hybridized carbons (Fsp3) is 0.833. The first-order valence-electron chi connectivity index (χ1n) is 9.73. The summed E-state index contributed by atoms with van der Waals surface area (Å²) in [5.74, 6) is 2.79. The first-order valence-corrected chi connectivity index (χ1v) is 9.73. The van der Waals surface area contributed by atoms with Gasteiger partial charge in [-0.15, -0.1) is 24.0 Å². The monoisotopic (exact) mass is 476 g/mol. The molecule has 2 aliphatic rings. The van der Waals surface area contributed by atoms with E-state index in [-0.39, 0.29) is 24.0 Å². The highest BCUT2D eigenvalue weighted by molar-refractivity contribution is 14.0. The first-order chi connectivity index (χ1) is 12.2. The molecule has 1 saturated carbocycles. The Labute approximate surface area is 173 Å². The Morgan fingerprint density at radius 3 is 2.73 bits per heavy atom. The van der Waals surface area contributed by atoms with Crippen LogP contribution >= 0.6 is 24.0 Å². The number of fused-ring (bicyclic) bond motifs is 1. The van der Waals surface area contributed by atoms with Gasteiger partial charge in [0.15, 0.2) is 5.96 Å². The van der Waals surface area contributed by atoms with Crippen molar-refractivity contribution in [1.29, 1.82) is 0 Å². The third kappa shape index (κ3) is 6.37. The van der Waals surface area contributed by atoms with Crippen LogP contribution in [0.15, 0.2) is 4.99 Å². The maximum Gasteiger partial charge on any atom is 0.191 e. The lowest BCUT2D eigenvalue weighted by Gasteiger charge is -2.25. The molecule has 3 rings (SSSR count). The van der Waals surface area contributed by atoms with Crippen molar-refractivity contribution in [3.05, 3.63) is 11.6 Å². The molecule has 0 saturated heterocycles. The Morgan fingerprint density at radius 1 is 1.23 bits per heavy atom. The lowest BCUT2D eigenvalue weighted by Crippen LogP contribution is -2.47. The van der Waals surface area contributed by atoms with Crippen molar-refractivity contribution < 1.29 is 4.74 Å². The molecular formula is C18H33IN6O.